The summed E-state index contributed by atoms with van der Waals surface area (Å²) in [4.78, 5) is 4.59. The molecule has 0 aliphatic heterocycles. The minimum atomic E-state index is -3.66. The topological polar surface area (TPSA) is 76.9 Å². The molecule has 0 amide bonds. The van der Waals surface area contributed by atoms with Crippen molar-refractivity contribution in [3.05, 3.63) is 40.1 Å². The third-order valence-corrected chi connectivity index (χ3v) is 6.82. The summed E-state index contributed by atoms with van der Waals surface area (Å²) in [5, 5.41) is 5.16. The zero-order valence-electron chi connectivity index (χ0n) is 13.3. The highest BCUT2D eigenvalue weighted by atomic mass is 35.5. The maximum Gasteiger partial charge on any atom is 0.245 e. The number of rotatable bonds is 6. The Kier molecular flexibility index (Phi) is 4.91. The van der Waals surface area contributed by atoms with Crippen LogP contribution >= 0.6 is 22.9 Å². The van der Waals surface area contributed by atoms with Gasteiger partial charge in [0.05, 0.1) is 20.9 Å². The first kappa shape index (κ1) is 17.3. The molecule has 0 saturated carbocycles. The SMILES string of the molecule is Cc1nn(C)c(Cl)c1S(=O)(=O)NCCCc1nc2ccccc2s1. The smallest absolute Gasteiger partial charge is 0.245 e. The molecule has 3 aromatic rings. The summed E-state index contributed by atoms with van der Waals surface area (Å²) in [5.74, 6) is 0. The average molecular weight is 385 g/mol. The van der Waals surface area contributed by atoms with Gasteiger partial charge in [-0.15, -0.1) is 11.3 Å². The molecule has 1 aromatic carbocycles. The van der Waals surface area contributed by atoms with Crippen LogP contribution in [0.2, 0.25) is 5.15 Å². The normalized spacial score (nSPS) is 12.1. The Balaban J connectivity index is 1.61. The predicted molar refractivity (Wildman–Crippen MR) is 96.1 cm³/mol. The second-order valence-electron chi connectivity index (χ2n) is 5.41. The molecule has 128 valence electrons. The number of nitrogens with zero attached hydrogens (tertiary/aromatic N) is 3. The highest BCUT2D eigenvalue weighted by Crippen LogP contribution is 2.24. The third kappa shape index (κ3) is 3.46. The zero-order valence-corrected chi connectivity index (χ0v) is 15.7. The van der Waals surface area contributed by atoms with E-state index >= 15 is 0 Å². The van der Waals surface area contributed by atoms with Gasteiger partial charge in [0.1, 0.15) is 10.0 Å². The fourth-order valence-corrected chi connectivity index (χ4v) is 5.29. The first-order chi connectivity index (χ1) is 11.4. The van der Waals surface area contributed by atoms with Crippen molar-refractivity contribution in [2.75, 3.05) is 6.54 Å². The lowest BCUT2D eigenvalue weighted by Gasteiger charge is -2.05. The molecule has 0 aliphatic carbocycles. The van der Waals surface area contributed by atoms with Gasteiger partial charge >= 0.3 is 0 Å². The van der Waals surface area contributed by atoms with Crippen LogP contribution in [-0.2, 0) is 23.5 Å². The highest BCUT2D eigenvalue weighted by Gasteiger charge is 2.24. The van der Waals surface area contributed by atoms with E-state index in [4.69, 9.17) is 11.6 Å². The van der Waals surface area contributed by atoms with Gasteiger partial charge in [0, 0.05) is 20.0 Å². The fraction of sp³-hybridized carbons (Fsp3) is 0.333. The molecular weight excluding hydrogens is 368 g/mol. The van der Waals surface area contributed by atoms with Crippen molar-refractivity contribution in [3.63, 3.8) is 0 Å². The van der Waals surface area contributed by atoms with Crippen LogP contribution < -0.4 is 4.72 Å². The van der Waals surface area contributed by atoms with E-state index in [-0.39, 0.29) is 10.0 Å². The number of hydrogen-bond donors (Lipinski definition) is 1. The number of thiazole rings is 1. The molecule has 1 N–H and O–H groups in total. The van der Waals surface area contributed by atoms with Gasteiger partial charge in [-0.05, 0) is 25.5 Å². The second-order valence-corrected chi connectivity index (χ2v) is 8.58. The number of nitrogens with one attached hydrogen (secondary N) is 1. The van der Waals surface area contributed by atoms with E-state index in [2.05, 4.69) is 14.8 Å². The maximum absolute atomic E-state index is 12.4. The summed E-state index contributed by atoms with van der Waals surface area (Å²) in [6.45, 7) is 1.95. The quantitative estimate of drug-likeness (QED) is 0.663. The second kappa shape index (κ2) is 6.79. The zero-order chi connectivity index (χ0) is 17.3. The number of hydrogen-bond acceptors (Lipinski definition) is 5. The molecule has 0 aliphatic rings. The van der Waals surface area contributed by atoms with Gasteiger partial charge < -0.3 is 0 Å². The van der Waals surface area contributed by atoms with Gasteiger partial charge in [0.25, 0.3) is 0 Å². The maximum atomic E-state index is 12.4. The van der Waals surface area contributed by atoms with Crippen LogP contribution in [0.25, 0.3) is 10.2 Å². The van der Waals surface area contributed by atoms with Gasteiger partial charge in [0.2, 0.25) is 10.0 Å². The molecule has 6 nitrogen and oxygen atoms in total. The highest BCUT2D eigenvalue weighted by molar-refractivity contribution is 7.89. The monoisotopic (exact) mass is 384 g/mol. The van der Waals surface area contributed by atoms with Crippen LogP contribution in [0.15, 0.2) is 29.2 Å². The first-order valence-corrected chi connectivity index (χ1v) is 10.1. The number of halogens is 1. The van der Waals surface area contributed by atoms with Crippen molar-refractivity contribution in [2.45, 2.75) is 24.7 Å². The van der Waals surface area contributed by atoms with E-state index in [0.29, 0.717) is 18.7 Å². The van der Waals surface area contributed by atoms with E-state index in [1.807, 2.05) is 24.3 Å². The first-order valence-electron chi connectivity index (χ1n) is 7.41. The molecule has 2 heterocycles. The molecule has 0 unspecified atom stereocenters. The number of para-hydroxylation sites is 1. The predicted octanol–water partition coefficient (Wildman–Crippen LogP) is 2.90. The lowest BCUT2D eigenvalue weighted by molar-refractivity contribution is 0.578. The van der Waals surface area contributed by atoms with Gasteiger partial charge in [-0.2, -0.15) is 5.10 Å². The number of aromatic nitrogens is 3. The molecule has 2 aromatic heterocycles. The van der Waals surface area contributed by atoms with Gasteiger partial charge in [-0.1, -0.05) is 23.7 Å². The summed E-state index contributed by atoms with van der Waals surface area (Å²) in [6.07, 6.45) is 1.39. The molecule has 24 heavy (non-hydrogen) atoms. The largest absolute Gasteiger partial charge is 0.255 e. The van der Waals surface area contributed by atoms with Crippen LogP contribution in [0, 0.1) is 6.92 Å². The Morgan fingerprint density at radius 3 is 2.75 bits per heavy atom. The Morgan fingerprint density at radius 1 is 1.33 bits per heavy atom. The van der Waals surface area contributed by atoms with Crippen LogP contribution in [0.3, 0.4) is 0 Å². The molecule has 0 spiro atoms. The molecule has 9 heteroatoms. The minimum Gasteiger partial charge on any atom is -0.255 e. The van der Waals surface area contributed by atoms with E-state index < -0.39 is 10.0 Å². The third-order valence-electron chi connectivity index (χ3n) is 3.57. The van der Waals surface area contributed by atoms with Crippen molar-refractivity contribution in [1.82, 2.24) is 19.5 Å². The number of benzene rings is 1. The van der Waals surface area contributed by atoms with Crippen LogP contribution in [-0.4, -0.2) is 29.7 Å². The Labute approximate surface area is 149 Å². The molecular formula is C15H17ClN4O2S2. The summed E-state index contributed by atoms with van der Waals surface area (Å²) >= 11 is 7.66. The summed E-state index contributed by atoms with van der Waals surface area (Å²) in [5.41, 5.74) is 1.37. The van der Waals surface area contributed by atoms with Crippen LogP contribution in [0.4, 0.5) is 0 Å². The number of sulfonamides is 1. The molecule has 0 atom stereocenters. The van der Waals surface area contributed by atoms with Crippen molar-refractivity contribution in [3.8, 4) is 0 Å². The van der Waals surface area contributed by atoms with E-state index in [1.54, 1.807) is 25.3 Å². The lowest BCUT2D eigenvalue weighted by atomic mass is 10.3. The van der Waals surface area contributed by atoms with Crippen molar-refractivity contribution >= 4 is 43.2 Å². The summed E-state index contributed by atoms with van der Waals surface area (Å²) in [6, 6.07) is 7.95. The van der Waals surface area contributed by atoms with Crippen LogP contribution in [0.5, 0.6) is 0 Å². The Morgan fingerprint density at radius 2 is 2.08 bits per heavy atom. The van der Waals surface area contributed by atoms with E-state index in [0.717, 1.165) is 21.6 Å². The van der Waals surface area contributed by atoms with Crippen molar-refractivity contribution in [1.29, 1.82) is 0 Å². The van der Waals surface area contributed by atoms with Crippen molar-refractivity contribution < 1.29 is 8.42 Å². The Hall–Kier alpha value is -1.48. The van der Waals surface area contributed by atoms with Gasteiger partial charge in [-0.25, -0.2) is 18.1 Å². The molecule has 0 fully saturated rings. The van der Waals surface area contributed by atoms with Crippen LogP contribution in [0.1, 0.15) is 17.1 Å². The Bertz CT molecular complexity index is 946. The summed E-state index contributed by atoms with van der Waals surface area (Å²) < 4.78 is 29.8. The van der Waals surface area contributed by atoms with Gasteiger partial charge in [-0.3, -0.25) is 4.68 Å². The number of fused-ring (bicyclic) bond motifs is 1. The van der Waals surface area contributed by atoms with Crippen molar-refractivity contribution in [2.24, 2.45) is 7.05 Å². The average Bonchev–Trinajstić information content (AvgIpc) is 3.04. The molecule has 3 rings (SSSR count). The molecule has 0 saturated heterocycles. The van der Waals surface area contributed by atoms with Gasteiger partial charge in [0.15, 0.2) is 0 Å². The van der Waals surface area contributed by atoms with E-state index in [1.165, 1.54) is 4.68 Å². The lowest BCUT2D eigenvalue weighted by Crippen LogP contribution is -2.25. The molecule has 0 radical (unpaired) electrons. The van der Waals surface area contributed by atoms with E-state index in [9.17, 15) is 8.42 Å². The molecule has 0 bridgehead atoms. The summed E-state index contributed by atoms with van der Waals surface area (Å²) in [7, 11) is -2.05. The standard InChI is InChI=1S/C15H17ClN4O2S2/c1-10-14(15(16)20(2)19-10)24(21,22)17-9-5-8-13-18-11-6-3-4-7-12(11)23-13/h3-4,6-7,17H,5,8-9H2,1-2H3. The fourth-order valence-electron chi connectivity index (χ4n) is 2.46. The number of aryl methyl sites for hydroxylation is 3. The minimum absolute atomic E-state index is 0.0478.